The second-order valence-corrected chi connectivity index (χ2v) is 14.6. The smallest absolute Gasteiger partial charge is 0.756 e. The van der Waals surface area contributed by atoms with Crippen LogP contribution in [0.3, 0.4) is 0 Å². The van der Waals surface area contributed by atoms with Gasteiger partial charge in [0.25, 0.3) is 15.6 Å². The van der Waals surface area contributed by atoms with Crippen LogP contribution in [0, 0.1) is 11.8 Å². The molecule has 0 rings (SSSR count). The molecule has 6 atom stereocenters. The zero-order valence-corrected chi connectivity index (χ0v) is 31.7. The molecule has 264 valence electrons. The summed E-state index contributed by atoms with van der Waals surface area (Å²) in [5, 5.41) is 0. The Morgan fingerprint density at radius 1 is 0.512 bits per heavy atom. The van der Waals surface area contributed by atoms with E-state index in [9.17, 15) is 18.9 Å². The van der Waals surface area contributed by atoms with E-state index in [1.165, 1.54) is 25.7 Å². The maximum absolute atomic E-state index is 11.8. The van der Waals surface area contributed by atoms with Crippen LogP contribution in [0.15, 0.2) is 0 Å². The standard InChI is InChI=1S/2C16H35O4P.Ni/c2*1-5-8-10-11-12-15(4)20-21(17,18)19-14-16(7-3)13-9-6-2;/h2*15-16H,5-14H2,1-4H3,(H,17,18);/q;;+2/p-2. The van der Waals surface area contributed by atoms with Gasteiger partial charge in [-0.05, 0) is 51.4 Å². The maximum atomic E-state index is 11.8. The van der Waals surface area contributed by atoms with E-state index in [0.717, 1.165) is 89.9 Å². The first-order chi connectivity index (χ1) is 19.9. The van der Waals surface area contributed by atoms with Crippen LogP contribution in [0.5, 0.6) is 0 Å². The molecule has 43 heavy (non-hydrogen) atoms. The molecule has 0 aliphatic rings. The largest absolute Gasteiger partial charge is 2.00 e. The molecule has 6 unspecified atom stereocenters. The average molecular weight is 702 g/mol. The molecule has 0 aliphatic carbocycles. The molecule has 11 heteroatoms. The van der Waals surface area contributed by atoms with Crippen LogP contribution in [0.25, 0.3) is 0 Å². The summed E-state index contributed by atoms with van der Waals surface area (Å²) in [6, 6.07) is 0. The minimum Gasteiger partial charge on any atom is -0.756 e. The van der Waals surface area contributed by atoms with Gasteiger partial charge in [0.15, 0.2) is 0 Å². The molecule has 0 aromatic heterocycles. The molecule has 0 heterocycles. The first-order valence-electron chi connectivity index (χ1n) is 17.2. The summed E-state index contributed by atoms with van der Waals surface area (Å²) in [4.78, 5) is 23.6. The van der Waals surface area contributed by atoms with Crippen molar-refractivity contribution in [2.75, 3.05) is 13.2 Å². The Labute approximate surface area is 276 Å². The quantitative estimate of drug-likeness (QED) is 0.0450. The Balaban J connectivity index is -0.000000727. The van der Waals surface area contributed by atoms with Gasteiger partial charge in [0, 0.05) is 0 Å². The molecule has 0 spiro atoms. The van der Waals surface area contributed by atoms with E-state index in [4.69, 9.17) is 18.1 Å². The van der Waals surface area contributed by atoms with Gasteiger partial charge >= 0.3 is 16.5 Å². The number of unbranched alkanes of at least 4 members (excludes halogenated alkanes) is 8. The maximum Gasteiger partial charge on any atom is 2.00 e. The van der Waals surface area contributed by atoms with Gasteiger partial charge in [-0.25, -0.2) is 0 Å². The predicted octanol–water partition coefficient (Wildman–Crippen LogP) is 10.1. The fourth-order valence-corrected chi connectivity index (χ4v) is 6.51. The number of rotatable bonds is 28. The number of phosphoric ester groups is 2. The van der Waals surface area contributed by atoms with E-state index < -0.39 is 15.6 Å². The number of hydrogen-bond acceptors (Lipinski definition) is 8. The second-order valence-electron chi connectivity index (χ2n) is 11.8. The van der Waals surface area contributed by atoms with Crippen molar-refractivity contribution in [3.63, 3.8) is 0 Å². The topological polar surface area (TPSA) is 117 Å². The average Bonchev–Trinajstić information content (AvgIpc) is 2.93. The Kier molecular flexibility index (Phi) is 35.0. The fourth-order valence-electron chi connectivity index (χ4n) is 4.51. The van der Waals surface area contributed by atoms with Crippen LogP contribution >= 0.6 is 15.6 Å². The van der Waals surface area contributed by atoms with E-state index in [2.05, 4.69) is 41.5 Å². The molecule has 0 aliphatic heterocycles. The van der Waals surface area contributed by atoms with E-state index in [0.29, 0.717) is 11.8 Å². The second kappa shape index (κ2) is 31.3. The van der Waals surface area contributed by atoms with Gasteiger partial charge in [0.2, 0.25) is 0 Å². The van der Waals surface area contributed by atoms with Crippen molar-refractivity contribution in [3.05, 3.63) is 0 Å². The zero-order valence-electron chi connectivity index (χ0n) is 28.9. The summed E-state index contributed by atoms with van der Waals surface area (Å²) in [6.07, 6.45) is 18.3. The van der Waals surface area contributed by atoms with Crippen LogP contribution in [0.1, 0.15) is 171 Å². The molecule has 0 radical (unpaired) electrons. The Hall–Kier alpha value is 0.714. The minimum atomic E-state index is -4.15. The zero-order chi connectivity index (χ0) is 32.3. The summed E-state index contributed by atoms with van der Waals surface area (Å²) >= 11 is 0. The Morgan fingerprint density at radius 2 is 0.837 bits per heavy atom. The van der Waals surface area contributed by atoms with E-state index in [1.807, 2.05) is 0 Å². The van der Waals surface area contributed by atoms with Crippen molar-refractivity contribution in [3.8, 4) is 0 Å². The van der Waals surface area contributed by atoms with Gasteiger partial charge in [-0.2, -0.15) is 0 Å². The minimum absolute atomic E-state index is 0. The molecular weight excluding hydrogens is 633 g/mol. The molecule has 0 aromatic carbocycles. The van der Waals surface area contributed by atoms with Crippen molar-refractivity contribution >= 4 is 15.6 Å². The molecule has 0 saturated heterocycles. The molecule has 0 saturated carbocycles. The first kappa shape index (κ1) is 48.1. The summed E-state index contributed by atoms with van der Waals surface area (Å²) in [5.74, 6) is 0.603. The first-order valence-corrected chi connectivity index (χ1v) is 20.1. The summed E-state index contributed by atoms with van der Waals surface area (Å²) in [7, 11) is -8.31. The van der Waals surface area contributed by atoms with Crippen molar-refractivity contribution in [2.24, 2.45) is 11.8 Å². The van der Waals surface area contributed by atoms with E-state index in [-0.39, 0.29) is 41.9 Å². The Bertz CT molecular complexity index is 630. The number of phosphoric acid groups is 2. The third-order valence-electron chi connectivity index (χ3n) is 7.57. The fraction of sp³-hybridized carbons (Fsp3) is 1.00. The van der Waals surface area contributed by atoms with Crippen LogP contribution in [0.4, 0.5) is 0 Å². The van der Waals surface area contributed by atoms with Crippen molar-refractivity contribution in [1.82, 2.24) is 0 Å². The SMILES string of the molecule is CCCCCCC(C)OP(=O)([O-])OCC(CC)CCCC.CCCCCCC(C)OP(=O)([O-])OCC(CC)CCCC.[Ni+2]. The molecule has 0 fully saturated rings. The van der Waals surface area contributed by atoms with Crippen LogP contribution in [-0.4, -0.2) is 25.4 Å². The Morgan fingerprint density at radius 3 is 1.12 bits per heavy atom. The summed E-state index contributed by atoms with van der Waals surface area (Å²) in [5.41, 5.74) is 0. The van der Waals surface area contributed by atoms with E-state index in [1.54, 1.807) is 13.8 Å². The number of hydrogen-bond donors (Lipinski definition) is 0. The molecule has 0 aromatic rings. The normalized spacial score (nSPS) is 17.0. The van der Waals surface area contributed by atoms with Gasteiger partial charge in [-0.1, -0.05) is 131 Å². The molecule has 8 nitrogen and oxygen atoms in total. The van der Waals surface area contributed by atoms with Gasteiger partial charge in [0.1, 0.15) is 0 Å². The van der Waals surface area contributed by atoms with Crippen LogP contribution in [0.2, 0.25) is 0 Å². The molecular formula is C32H68NiO8P2. The van der Waals surface area contributed by atoms with Crippen molar-refractivity contribution in [1.29, 1.82) is 0 Å². The van der Waals surface area contributed by atoms with Crippen molar-refractivity contribution in [2.45, 2.75) is 183 Å². The van der Waals surface area contributed by atoms with Crippen molar-refractivity contribution < 1.29 is 53.5 Å². The molecule has 0 N–H and O–H groups in total. The van der Waals surface area contributed by atoms with Gasteiger partial charge < -0.3 is 27.9 Å². The third-order valence-corrected chi connectivity index (χ3v) is 9.74. The summed E-state index contributed by atoms with van der Waals surface area (Å²) in [6.45, 7) is 16.8. The van der Waals surface area contributed by atoms with Gasteiger partial charge in [0.05, 0.1) is 25.4 Å². The van der Waals surface area contributed by atoms with E-state index >= 15 is 0 Å². The van der Waals surface area contributed by atoms with Gasteiger partial charge in [-0.3, -0.25) is 9.13 Å². The van der Waals surface area contributed by atoms with Crippen LogP contribution < -0.4 is 9.79 Å². The molecule has 0 amide bonds. The monoisotopic (exact) mass is 700 g/mol. The molecule has 0 bridgehead atoms. The third kappa shape index (κ3) is 32.4. The van der Waals surface area contributed by atoms with Crippen LogP contribution in [-0.2, 0) is 43.7 Å². The summed E-state index contributed by atoms with van der Waals surface area (Å²) < 4.78 is 43.9. The van der Waals surface area contributed by atoms with Gasteiger partial charge in [-0.15, -0.1) is 0 Å². The predicted molar refractivity (Wildman–Crippen MR) is 172 cm³/mol.